The predicted molar refractivity (Wildman–Crippen MR) is 104 cm³/mol. The molecule has 1 aliphatic heterocycles. The standard InChI is InChI=1S/C19H31N3O3S/c1-4-5-13-21(3)26(24,25)18-11-9-17(10-12-18)20-19(23)15-22-14-7-6-8-16(22)2/h9-12,16H,4-8,13-15H2,1-3H3,(H,20,23)/p+1/t16-/m0/s1. The van der Waals surface area contributed by atoms with Gasteiger partial charge in [0.15, 0.2) is 6.54 Å². The molecular formula is C19H32N3O3S+. The fourth-order valence-corrected chi connectivity index (χ4v) is 4.53. The number of unbranched alkanes of at least 4 members (excludes halogenated alkanes) is 1. The van der Waals surface area contributed by atoms with E-state index in [0.29, 0.717) is 24.8 Å². The molecule has 1 unspecified atom stereocenters. The van der Waals surface area contributed by atoms with Crippen molar-refractivity contribution in [3.05, 3.63) is 24.3 Å². The van der Waals surface area contributed by atoms with Crippen LogP contribution < -0.4 is 10.2 Å². The summed E-state index contributed by atoms with van der Waals surface area (Å²) in [6, 6.07) is 6.95. The van der Waals surface area contributed by atoms with Crippen LogP contribution in [-0.2, 0) is 14.8 Å². The maximum Gasteiger partial charge on any atom is 0.279 e. The van der Waals surface area contributed by atoms with Crippen molar-refractivity contribution in [1.82, 2.24) is 4.31 Å². The first-order valence-corrected chi connectivity index (χ1v) is 11.0. The summed E-state index contributed by atoms with van der Waals surface area (Å²) >= 11 is 0. The third kappa shape index (κ3) is 5.53. The monoisotopic (exact) mass is 382 g/mol. The zero-order valence-corrected chi connectivity index (χ0v) is 16.9. The van der Waals surface area contributed by atoms with E-state index in [9.17, 15) is 13.2 Å². The van der Waals surface area contributed by atoms with Gasteiger partial charge in [0.25, 0.3) is 5.91 Å². The van der Waals surface area contributed by atoms with Gasteiger partial charge in [-0.1, -0.05) is 13.3 Å². The molecule has 26 heavy (non-hydrogen) atoms. The second kappa shape index (κ2) is 9.48. The molecule has 0 radical (unpaired) electrons. The van der Waals surface area contributed by atoms with Crippen molar-refractivity contribution < 1.29 is 18.1 Å². The van der Waals surface area contributed by atoms with Crippen molar-refractivity contribution >= 4 is 21.6 Å². The average molecular weight is 383 g/mol. The van der Waals surface area contributed by atoms with E-state index in [2.05, 4.69) is 12.2 Å². The van der Waals surface area contributed by atoms with Gasteiger partial charge in [-0.05, 0) is 56.9 Å². The summed E-state index contributed by atoms with van der Waals surface area (Å²) in [5, 5.41) is 2.88. The molecule has 1 aromatic carbocycles. The van der Waals surface area contributed by atoms with Crippen LogP contribution in [0, 0.1) is 0 Å². The molecule has 1 aromatic rings. The summed E-state index contributed by atoms with van der Waals surface area (Å²) in [4.78, 5) is 13.9. The van der Waals surface area contributed by atoms with Crippen LogP contribution in [0.25, 0.3) is 0 Å². The third-order valence-electron chi connectivity index (χ3n) is 5.14. The lowest BCUT2D eigenvalue weighted by molar-refractivity contribution is -0.920. The normalized spacial score (nSPS) is 20.9. The van der Waals surface area contributed by atoms with Crippen LogP contribution in [-0.4, -0.2) is 51.4 Å². The number of hydrogen-bond acceptors (Lipinski definition) is 3. The highest BCUT2D eigenvalue weighted by Crippen LogP contribution is 2.18. The topological polar surface area (TPSA) is 70.9 Å². The van der Waals surface area contributed by atoms with Gasteiger partial charge in [0.2, 0.25) is 10.0 Å². The number of carbonyl (C=O) groups excluding carboxylic acids is 1. The van der Waals surface area contributed by atoms with Crippen LogP contribution in [0.3, 0.4) is 0 Å². The number of sulfonamides is 1. The number of nitrogens with zero attached hydrogens (tertiary/aromatic N) is 1. The number of anilines is 1. The highest BCUT2D eigenvalue weighted by atomic mass is 32.2. The second-order valence-electron chi connectivity index (χ2n) is 7.23. The highest BCUT2D eigenvalue weighted by Gasteiger charge is 2.24. The minimum Gasteiger partial charge on any atom is -0.325 e. The van der Waals surface area contributed by atoms with Gasteiger partial charge in [0.05, 0.1) is 17.5 Å². The van der Waals surface area contributed by atoms with Crippen LogP contribution in [0.15, 0.2) is 29.2 Å². The van der Waals surface area contributed by atoms with E-state index in [1.54, 1.807) is 31.3 Å². The van der Waals surface area contributed by atoms with Gasteiger partial charge < -0.3 is 10.2 Å². The van der Waals surface area contributed by atoms with Crippen molar-refractivity contribution in [2.24, 2.45) is 0 Å². The Balaban J connectivity index is 1.95. The lowest BCUT2D eigenvalue weighted by Crippen LogP contribution is -3.17. The number of amides is 1. The second-order valence-corrected chi connectivity index (χ2v) is 9.28. The lowest BCUT2D eigenvalue weighted by Gasteiger charge is -2.29. The molecule has 0 aliphatic carbocycles. The van der Waals surface area contributed by atoms with E-state index in [1.807, 2.05) is 6.92 Å². The molecule has 0 aromatic heterocycles. The molecule has 0 saturated carbocycles. The number of benzene rings is 1. The van der Waals surface area contributed by atoms with E-state index in [4.69, 9.17) is 0 Å². The number of hydrogen-bond donors (Lipinski definition) is 2. The number of nitrogens with one attached hydrogen (secondary N) is 2. The molecule has 1 heterocycles. The number of carbonyl (C=O) groups is 1. The Morgan fingerprint density at radius 2 is 1.96 bits per heavy atom. The maximum absolute atomic E-state index is 12.5. The van der Waals surface area contributed by atoms with Gasteiger partial charge in [-0.2, -0.15) is 0 Å². The Labute approximate surface area is 157 Å². The van der Waals surface area contributed by atoms with E-state index >= 15 is 0 Å². The molecule has 2 rings (SSSR count). The first-order valence-electron chi connectivity index (χ1n) is 9.55. The molecule has 0 spiro atoms. The van der Waals surface area contributed by atoms with Gasteiger partial charge in [0.1, 0.15) is 0 Å². The van der Waals surface area contributed by atoms with Crippen molar-refractivity contribution in [3.8, 4) is 0 Å². The summed E-state index contributed by atoms with van der Waals surface area (Å²) in [6.07, 6.45) is 5.37. The Bertz CT molecular complexity index is 688. The Hall–Kier alpha value is -1.44. The minimum absolute atomic E-state index is 0.0237. The largest absolute Gasteiger partial charge is 0.325 e. The first kappa shape index (κ1) is 20.9. The van der Waals surface area contributed by atoms with Gasteiger partial charge in [-0.15, -0.1) is 0 Å². The summed E-state index contributed by atoms with van der Waals surface area (Å²) in [7, 11) is -1.87. The van der Waals surface area contributed by atoms with Gasteiger partial charge >= 0.3 is 0 Å². The zero-order valence-electron chi connectivity index (χ0n) is 16.1. The Morgan fingerprint density at radius 3 is 2.58 bits per heavy atom. The average Bonchev–Trinajstić information content (AvgIpc) is 2.62. The van der Waals surface area contributed by atoms with Crippen molar-refractivity contribution in [1.29, 1.82) is 0 Å². The fraction of sp³-hybridized carbons (Fsp3) is 0.632. The quantitative estimate of drug-likeness (QED) is 0.716. The van der Waals surface area contributed by atoms with E-state index < -0.39 is 10.0 Å². The van der Waals surface area contributed by atoms with Crippen LogP contribution >= 0.6 is 0 Å². The summed E-state index contributed by atoms with van der Waals surface area (Å²) in [5.41, 5.74) is 0.634. The van der Waals surface area contributed by atoms with Gasteiger partial charge in [0, 0.05) is 19.3 Å². The van der Waals surface area contributed by atoms with Gasteiger partial charge in [-0.25, -0.2) is 12.7 Å². The van der Waals surface area contributed by atoms with Crippen LogP contribution in [0.1, 0.15) is 46.0 Å². The Kier molecular flexibility index (Phi) is 7.61. The van der Waals surface area contributed by atoms with Crippen LogP contribution in [0.4, 0.5) is 5.69 Å². The molecule has 146 valence electrons. The van der Waals surface area contributed by atoms with Crippen molar-refractivity contribution in [2.75, 3.05) is 32.0 Å². The van der Waals surface area contributed by atoms with E-state index in [1.165, 1.54) is 28.5 Å². The molecule has 2 atom stereocenters. The van der Waals surface area contributed by atoms with Gasteiger partial charge in [-0.3, -0.25) is 4.79 Å². The summed E-state index contributed by atoms with van der Waals surface area (Å²) < 4.78 is 26.4. The summed E-state index contributed by atoms with van der Waals surface area (Å²) in [6.45, 7) is 6.23. The number of quaternary nitrogens is 1. The fourth-order valence-electron chi connectivity index (χ4n) is 3.32. The molecular weight excluding hydrogens is 350 g/mol. The van der Waals surface area contributed by atoms with E-state index in [-0.39, 0.29) is 10.8 Å². The summed E-state index contributed by atoms with van der Waals surface area (Å²) in [5.74, 6) is -0.0237. The first-order chi connectivity index (χ1) is 12.3. The van der Waals surface area contributed by atoms with Crippen LogP contribution in [0.5, 0.6) is 0 Å². The molecule has 7 heteroatoms. The predicted octanol–water partition coefficient (Wildman–Crippen LogP) is 1.50. The minimum atomic E-state index is -3.47. The third-order valence-corrected chi connectivity index (χ3v) is 7.01. The molecule has 0 bridgehead atoms. The number of piperidine rings is 1. The van der Waals surface area contributed by atoms with Crippen LogP contribution in [0.2, 0.25) is 0 Å². The maximum atomic E-state index is 12.5. The molecule has 1 fully saturated rings. The SMILES string of the molecule is CCCCN(C)S(=O)(=O)c1ccc(NC(=O)C[NH+]2CCCC[C@@H]2C)cc1. The highest BCUT2D eigenvalue weighted by molar-refractivity contribution is 7.89. The number of rotatable bonds is 8. The number of likely N-dealkylation sites (tertiary alicyclic amines) is 1. The lowest BCUT2D eigenvalue weighted by atomic mass is 10.0. The van der Waals surface area contributed by atoms with Crippen molar-refractivity contribution in [3.63, 3.8) is 0 Å². The van der Waals surface area contributed by atoms with E-state index in [0.717, 1.165) is 19.4 Å². The molecule has 6 nitrogen and oxygen atoms in total. The van der Waals surface area contributed by atoms with Crippen molar-refractivity contribution in [2.45, 2.75) is 56.9 Å². The smallest absolute Gasteiger partial charge is 0.279 e. The molecule has 1 aliphatic rings. The molecule has 1 saturated heterocycles. The zero-order chi connectivity index (χ0) is 19.2. The molecule has 2 N–H and O–H groups in total. The molecule has 1 amide bonds. The Morgan fingerprint density at radius 1 is 1.27 bits per heavy atom.